The van der Waals surface area contributed by atoms with Gasteiger partial charge in [0, 0.05) is 11.5 Å². The summed E-state index contributed by atoms with van der Waals surface area (Å²) in [5, 5.41) is 0.632. The van der Waals surface area contributed by atoms with Crippen LogP contribution in [0.5, 0.6) is 0 Å². The summed E-state index contributed by atoms with van der Waals surface area (Å²) >= 11 is 0. The van der Waals surface area contributed by atoms with Gasteiger partial charge >= 0.3 is 0 Å². The number of hydrogen-bond donors (Lipinski definition) is 0. The third-order valence-corrected chi connectivity index (χ3v) is 3.06. The summed E-state index contributed by atoms with van der Waals surface area (Å²) in [6.45, 7) is 2.07. The molecule has 0 aliphatic heterocycles. The Labute approximate surface area is 104 Å². The van der Waals surface area contributed by atoms with Crippen molar-refractivity contribution in [2.75, 3.05) is 0 Å². The lowest BCUT2D eigenvalue weighted by atomic mass is 9.99. The molecular weight excluding hydrogens is 237 g/mol. The minimum absolute atomic E-state index is 0.291. The van der Waals surface area contributed by atoms with Crippen molar-refractivity contribution in [3.8, 4) is 0 Å². The molecule has 18 heavy (non-hydrogen) atoms. The van der Waals surface area contributed by atoms with E-state index in [2.05, 4.69) is 6.92 Å². The molecule has 3 heteroatoms. The van der Waals surface area contributed by atoms with E-state index < -0.39 is 17.5 Å². The van der Waals surface area contributed by atoms with E-state index in [1.807, 2.05) is 0 Å². The number of hydrogen-bond acceptors (Lipinski definition) is 0. The highest BCUT2D eigenvalue weighted by Gasteiger charge is 2.10. The van der Waals surface area contributed by atoms with E-state index in [1.54, 1.807) is 0 Å². The zero-order valence-electron chi connectivity index (χ0n) is 10.3. The minimum atomic E-state index is -0.676. The molecule has 0 aromatic heterocycles. The number of aryl methyl sites for hydroxylation is 1. The molecule has 0 saturated carbocycles. The van der Waals surface area contributed by atoms with E-state index in [9.17, 15) is 13.2 Å². The highest BCUT2D eigenvalue weighted by atomic mass is 19.1. The summed E-state index contributed by atoms with van der Waals surface area (Å²) < 4.78 is 40.3. The maximum Gasteiger partial charge on any atom is 0.134 e. The second kappa shape index (κ2) is 5.42. The fraction of sp³-hybridized carbons (Fsp3) is 0.333. The Morgan fingerprint density at radius 2 is 1.56 bits per heavy atom. The molecule has 0 amide bonds. The third kappa shape index (κ3) is 2.66. The zero-order valence-corrected chi connectivity index (χ0v) is 10.3. The number of fused-ring (bicyclic) bond motifs is 1. The standard InChI is InChI=1S/C15H15F3/c1-2-3-4-5-10-6-12(16)7-11-8-13(17)9-14(18)15(10)11/h6-9H,2-5H2,1H3. The summed E-state index contributed by atoms with van der Waals surface area (Å²) in [5.41, 5.74) is 0.621. The quantitative estimate of drug-likeness (QED) is 0.672. The molecule has 96 valence electrons. The lowest BCUT2D eigenvalue weighted by Crippen LogP contribution is -1.94. The molecule has 0 atom stereocenters. The van der Waals surface area contributed by atoms with Gasteiger partial charge in [-0.1, -0.05) is 19.8 Å². The Balaban J connectivity index is 2.50. The second-order valence-electron chi connectivity index (χ2n) is 4.51. The van der Waals surface area contributed by atoms with Gasteiger partial charge in [0.1, 0.15) is 17.5 Å². The smallest absolute Gasteiger partial charge is 0.134 e. The summed E-state index contributed by atoms with van der Waals surface area (Å²) in [7, 11) is 0. The molecule has 0 unspecified atom stereocenters. The van der Waals surface area contributed by atoms with Crippen molar-refractivity contribution >= 4 is 10.8 Å². The molecule has 0 N–H and O–H groups in total. The van der Waals surface area contributed by atoms with E-state index in [0.717, 1.165) is 25.3 Å². The number of benzene rings is 2. The van der Waals surface area contributed by atoms with Gasteiger partial charge in [-0.15, -0.1) is 0 Å². The van der Waals surface area contributed by atoms with Crippen LogP contribution in [0, 0.1) is 17.5 Å². The molecule has 2 rings (SSSR count). The van der Waals surface area contributed by atoms with E-state index in [0.29, 0.717) is 22.8 Å². The van der Waals surface area contributed by atoms with Crippen molar-refractivity contribution in [2.45, 2.75) is 32.6 Å². The van der Waals surface area contributed by atoms with Crippen molar-refractivity contribution in [3.05, 3.63) is 47.3 Å². The third-order valence-electron chi connectivity index (χ3n) is 3.06. The predicted octanol–water partition coefficient (Wildman–Crippen LogP) is 4.99. The van der Waals surface area contributed by atoms with Gasteiger partial charge in [0.15, 0.2) is 0 Å². The van der Waals surface area contributed by atoms with Gasteiger partial charge in [-0.2, -0.15) is 0 Å². The molecule has 0 radical (unpaired) electrons. The summed E-state index contributed by atoms with van der Waals surface area (Å²) in [6.07, 6.45) is 3.56. The van der Waals surface area contributed by atoms with Gasteiger partial charge in [0.25, 0.3) is 0 Å². The van der Waals surface area contributed by atoms with E-state index in [-0.39, 0.29) is 0 Å². The largest absolute Gasteiger partial charge is 0.207 e. The Bertz CT molecular complexity index is 556. The van der Waals surface area contributed by atoms with E-state index >= 15 is 0 Å². The van der Waals surface area contributed by atoms with Crippen LogP contribution >= 0.6 is 0 Å². The van der Waals surface area contributed by atoms with Crippen LogP contribution in [-0.4, -0.2) is 0 Å². The predicted molar refractivity (Wildman–Crippen MR) is 67.1 cm³/mol. The molecule has 0 fully saturated rings. The van der Waals surface area contributed by atoms with Crippen LogP contribution in [0.15, 0.2) is 24.3 Å². The Morgan fingerprint density at radius 1 is 0.889 bits per heavy atom. The topological polar surface area (TPSA) is 0 Å². The fourth-order valence-corrected chi connectivity index (χ4v) is 2.24. The molecule has 0 nitrogen and oxygen atoms in total. The van der Waals surface area contributed by atoms with Crippen molar-refractivity contribution in [1.82, 2.24) is 0 Å². The van der Waals surface area contributed by atoms with E-state index in [1.165, 1.54) is 18.2 Å². The van der Waals surface area contributed by atoms with Crippen LogP contribution < -0.4 is 0 Å². The maximum absolute atomic E-state index is 13.8. The average molecular weight is 252 g/mol. The molecule has 2 aromatic carbocycles. The van der Waals surface area contributed by atoms with Crippen molar-refractivity contribution in [2.24, 2.45) is 0 Å². The summed E-state index contributed by atoms with van der Waals surface area (Å²) in [5.74, 6) is -1.74. The molecular formula is C15H15F3. The first-order valence-corrected chi connectivity index (χ1v) is 6.19. The highest BCUT2D eigenvalue weighted by Crippen LogP contribution is 2.26. The van der Waals surface area contributed by atoms with Gasteiger partial charge in [0.05, 0.1) is 0 Å². The number of rotatable bonds is 4. The van der Waals surface area contributed by atoms with Gasteiger partial charge in [-0.25, -0.2) is 13.2 Å². The first kappa shape index (κ1) is 12.9. The van der Waals surface area contributed by atoms with Gasteiger partial charge in [-0.05, 0) is 42.0 Å². The lowest BCUT2D eigenvalue weighted by molar-refractivity contribution is 0.589. The molecule has 0 saturated heterocycles. The molecule has 0 spiro atoms. The highest BCUT2D eigenvalue weighted by molar-refractivity contribution is 5.86. The van der Waals surface area contributed by atoms with Crippen LogP contribution in [0.1, 0.15) is 31.7 Å². The molecule has 0 bridgehead atoms. The van der Waals surface area contributed by atoms with Crippen LogP contribution in [0.3, 0.4) is 0 Å². The van der Waals surface area contributed by atoms with Crippen molar-refractivity contribution in [1.29, 1.82) is 0 Å². The molecule has 0 aliphatic carbocycles. The van der Waals surface area contributed by atoms with Gasteiger partial charge < -0.3 is 0 Å². The molecule has 0 heterocycles. The Morgan fingerprint density at radius 3 is 2.22 bits per heavy atom. The summed E-state index contributed by atoms with van der Waals surface area (Å²) in [4.78, 5) is 0. The van der Waals surface area contributed by atoms with Crippen LogP contribution in [0.4, 0.5) is 13.2 Å². The molecule has 0 aliphatic rings. The fourth-order valence-electron chi connectivity index (χ4n) is 2.24. The first-order chi connectivity index (χ1) is 8.61. The number of halogens is 3. The average Bonchev–Trinajstić information content (AvgIpc) is 2.27. The second-order valence-corrected chi connectivity index (χ2v) is 4.51. The van der Waals surface area contributed by atoms with Crippen molar-refractivity contribution < 1.29 is 13.2 Å². The minimum Gasteiger partial charge on any atom is -0.207 e. The molecule has 2 aromatic rings. The maximum atomic E-state index is 13.8. The van der Waals surface area contributed by atoms with Crippen LogP contribution in [0.2, 0.25) is 0 Å². The Hall–Kier alpha value is -1.51. The van der Waals surface area contributed by atoms with Crippen LogP contribution in [0.25, 0.3) is 10.8 Å². The normalized spacial score (nSPS) is 11.1. The SMILES string of the molecule is CCCCCc1cc(F)cc2cc(F)cc(F)c12. The van der Waals surface area contributed by atoms with Gasteiger partial charge in [-0.3, -0.25) is 0 Å². The summed E-state index contributed by atoms with van der Waals surface area (Å²) in [6, 6.07) is 4.54. The van der Waals surface area contributed by atoms with Crippen LogP contribution in [-0.2, 0) is 6.42 Å². The first-order valence-electron chi connectivity index (χ1n) is 6.19. The van der Waals surface area contributed by atoms with Crippen molar-refractivity contribution in [3.63, 3.8) is 0 Å². The monoisotopic (exact) mass is 252 g/mol. The van der Waals surface area contributed by atoms with Gasteiger partial charge in [0.2, 0.25) is 0 Å². The lowest BCUT2D eigenvalue weighted by Gasteiger charge is -2.08. The number of unbranched alkanes of at least 4 members (excludes halogenated alkanes) is 2. The Kier molecular flexibility index (Phi) is 3.90. The van der Waals surface area contributed by atoms with E-state index in [4.69, 9.17) is 0 Å². The zero-order chi connectivity index (χ0) is 13.1.